The summed E-state index contributed by atoms with van der Waals surface area (Å²) in [6.45, 7) is 1.87. The highest BCUT2D eigenvalue weighted by molar-refractivity contribution is 6.03. The van der Waals surface area contributed by atoms with Crippen molar-refractivity contribution in [2.75, 3.05) is 5.32 Å². The van der Waals surface area contributed by atoms with E-state index in [0.29, 0.717) is 23.0 Å². The Hall–Kier alpha value is -4.00. The van der Waals surface area contributed by atoms with Gasteiger partial charge in [0.15, 0.2) is 17.3 Å². The molecule has 0 spiro atoms. The molecule has 28 heavy (non-hydrogen) atoms. The van der Waals surface area contributed by atoms with Crippen LogP contribution in [0.3, 0.4) is 0 Å². The molecule has 1 N–H and O–H groups in total. The molecule has 7 heteroatoms. The standard InChI is InChI=1S/C21H17N5O2/c1-15-22-13-14-26(15)20-12-11-18(24-25-20)21(27)23-17-9-5-6-10-19(17)28-16-7-3-2-4-8-16/h2-14H,1H3,(H,23,27). The number of benzene rings is 2. The molecule has 138 valence electrons. The number of rotatable bonds is 5. The van der Waals surface area contributed by atoms with Gasteiger partial charge in [0.1, 0.15) is 11.6 Å². The maximum absolute atomic E-state index is 12.6. The zero-order chi connectivity index (χ0) is 19.3. The smallest absolute Gasteiger partial charge is 0.276 e. The van der Waals surface area contributed by atoms with Crippen LogP contribution in [0.1, 0.15) is 16.3 Å². The van der Waals surface area contributed by atoms with Gasteiger partial charge < -0.3 is 10.1 Å². The van der Waals surface area contributed by atoms with Crippen molar-refractivity contribution in [2.45, 2.75) is 6.92 Å². The lowest BCUT2D eigenvalue weighted by atomic mass is 10.2. The fourth-order valence-corrected chi connectivity index (χ4v) is 2.66. The second-order valence-corrected chi connectivity index (χ2v) is 5.99. The molecule has 2 aromatic carbocycles. The van der Waals surface area contributed by atoms with Crippen LogP contribution in [0.2, 0.25) is 0 Å². The molecular formula is C21H17N5O2. The number of imidazole rings is 1. The number of para-hydroxylation sites is 3. The Labute approximate surface area is 161 Å². The van der Waals surface area contributed by atoms with E-state index in [1.165, 1.54) is 0 Å². The van der Waals surface area contributed by atoms with E-state index in [-0.39, 0.29) is 11.6 Å². The molecule has 0 aliphatic rings. The van der Waals surface area contributed by atoms with Gasteiger partial charge in [0.25, 0.3) is 5.91 Å². The van der Waals surface area contributed by atoms with Crippen LogP contribution in [-0.4, -0.2) is 25.7 Å². The third-order valence-corrected chi connectivity index (χ3v) is 4.06. The summed E-state index contributed by atoms with van der Waals surface area (Å²) in [5.41, 5.74) is 0.753. The van der Waals surface area contributed by atoms with E-state index in [1.807, 2.05) is 49.4 Å². The molecule has 4 aromatic rings. The maximum Gasteiger partial charge on any atom is 0.276 e. The van der Waals surface area contributed by atoms with Crippen molar-refractivity contribution in [3.63, 3.8) is 0 Å². The molecule has 0 saturated heterocycles. The molecule has 0 fully saturated rings. The van der Waals surface area contributed by atoms with Gasteiger partial charge in [-0.1, -0.05) is 30.3 Å². The van der Waals surface area contributed by atoms with Crippen molar-refractivity contribution in [2.24, 2.45) is 0 Å². The Morgan fingerprint density at radius 3 is 2.46 bits per heavy atom. The predicted molar refractivity (Wildman–Crippen MR) is 105 cm³/mol. The number of carbonyl (C=O) groups excluding carboxylic acids is 1. The maximum atomic E-state index is 12.6. The minimum absolute atomic E-state index is 0.205. The minimum atomic E-state index is -0.370. The van der Waals surface area contributed by atoms with Gasteiger partial charge in [0.2, 0.25) is 0 Å². The molecule has 1 amide bonds. The van der Waals surface area contributed by atoms with E-state index < -0.39 is 0 Å². The molecule has 4 rings (SSSR count). The van der Waals surface area contributed by atoms with Crippen LogP contribution < -0.4 is 10.1 Å². The van der Waals surface area contributed by atoms with Gasteiger partial charge in [-0.15, -0.1) is 10.2 Å². The van der Waals surface area contributed by atoms with Gasteiger partial charge in [-0.2, -0.15) is 0 Å². The van der Waals surface area contributed by atoms with E-state index in [0.717, 1.165) is 5.82 Å². The number of nitrogens with zero attached hydrogens (tertiary/aromatic N) is 4. The van der Waals surface area contributed by atoms with Gasteiger partial charge in [-0.25, -0.2) is 4.98 Å². The minimum Gasteiger partial charge on any atom is -0.455 e. The summed E-state index contributed by atoms with van der Waals surface area (Å²) in [5.74, 6) is 2.24. The zero-order valence-electron chi connectivity index (χ0n) is 15.1. The number of hydrogen-bond donors (Lipinski definition) is 1. The third-order valence-electron chi connectivity index (χ3n) is 4.06. The first-order valence-corrected chi connectivity index (χ1v) is 8.68. The summed E-state index contributed by atoms with van der Waals surface area (Å²) in [7, 11) is 0. The normalized spacial score (nSPS) is 10.5. The Balaban J connectivity index is 1.52. The summed E-state index contributed by atoms with van der Waals surface area (Å²) in [5, 5.41) is 11.0. The van der Waals surface area contributed by atoms with Gasteiger partial charge in [-0.3, -0.25) is 9.36 Å². The van der Waals surface area contributed by atoms with Gasteiger partial charge in [0, 0.05) is 12.4 Å². The second kappa shape index (κ2) is 7.71. The first kappa shape index (κ1) is 17.4. The number of anilines is 1. The average Bonchev–Trinajstić information content (AvgIpc) is 3.16. The van der Waals surface area contributed by atoms with Crippen LogP contribution in [0.25, 0.3) is 5.82 Å². The molecule has 0 saturated carbocycles. The summed E-state index contributed by atoms with van der Waals surface area (Å²) in [6.07, 6.45) is 3.47. The summed E-state index contributed by atoms with van der Waals surface area (Å²) in [4.78, 5) is 16.7. The van der Waals surface area contributed by atoms with Gasteiger partial charge in [0.05, 0.1) is 5.69 Å². The van der Waals surface area contributed by atoms with E-state index in [9.17, 15) is 4.79 Å². The number of ether oxygens (including phenoxy) is 1. The molecule has 0 aliphatic heterocycles. The van der Waals surface area contributed by atoms with E-state index in [2.05, 4.69) is 20.5 Å². The van der Waals surface area contributed by atoms with Crippen molar-refractivity contribution in [3.05, 3.63) is 90.6 Å². The fourth-order valence-electron chi connectivity index (χ4n) is 2.66. The van der Waals surface area contributed by atoms with Crippen molar-refractivity contribution in [1.29, 1.82) is 0 Å². The number of aromatic nitrogens is 4. The number of carbonyl (C=O) groups is 1. The third kappa shape index (κ3) is 3.73. The Morgan fingerprint density at radius 1 is 0.964 bits per heavy atom. The Kier molecular flexibility index (Phi) is 4.79. The highest BCUT2D eigenvalue weighted by atomic mass is 16.5. The van der Waals surface area contributed by atoms with E-state index in [1.54, 1.807) is 41.2 Å². The lowest BCUT2D eigenvalue weighted by Crippen LogP contribution is -2.15. The highest BCUT2D eigenvalue weighted by Gasteiger charge is 2.13. The first-order valence-electron chi connectivity index (χ1n) is 8.68. The fraction of sp³-hybridized carbons (Fsp3) is 0.0476. The average molecular weight is 371 g/mol. The van der Waals surface area contributed by atoms with Crippen LogP contribution in [0.5, 0.6) is 11.5 Å². The van der Waals surface area contributed by atoms with Crippen LogP contribution in [-0.2, 0) is 0 Å². The molecular weight excluding hydrogens is 354 g/mol. The Bertz CT molecular complexity index is 1090. The van der Waals surface area contributed by atoms with Crippen LogP contribution in [0.15, 0.2) is 79.1 Å². The molecule has 0 bridgehead atoms. The number of aryl methyl sites for hydroxylation is 1. The first-order chi connectivity index (χ1) is 13.7. The topological polar surface area (TPSA) is 81.9 Å². The zero-order valence-corrected chi connectivity index (χ0v) is 15.1. The Morgan fingerprint density at radius 2 is 1.75 bits per heavy atom. The molecule has 0 aliphatic carbocycles. The molecule has 2 aromatic heterocycles. The van der Waals surface area contributed by atoms with Crippen LogP contribution >= 0.6 is 0 Å². The quantitative estimate of drug-likeness (QED) is 0.573. The van der Waals surface area contributed by atoms with Gasteiger partial charge >= 0.3 is 0 Å². The van der Waals surface area contributed by atoms with Crippen LogP contribution in [0.4, 0.5) is 5.69 Å². The number of hydrogen-bond acceptors (Lipinski definition) is 5. The van der Waals surface area contributed by atoms with Crippen LogP contribution in [0, 0.1) is 6.92 Å². The lowest BCUT2D eigenvalue weighted by molar-refractivity contribution is 0.102. The highest BCUT2D eigenvalue weighted by Crippen LogP contribution is 2.29. The second-order valence-electron chi connectivity index (χ2n) is 5.99. The lowest BCUT2D eigenvalue weighted by Gasteiger charge is -2.12. The number of amides is 1. The van der Waals surface area contributed by atoms with Crippen molar-refractivity contribution in [1.82, 2.24) is 19.7 Å². The summed E-state index contributed by atoms with van der Waals surface area (Å²) >= 11 is 0. The summed E-state index contributed by atoms with van der Waals surface area (Å²) < 4.78 is 7.66. The molecule has 7 nitrogen and oxygen atoms in total. The summed E-state index contributed by atoms with van der Waals surface area (Å²) in [6, 6.07) is 20.0. The SMILES string of the molecule is Cc1nccn1-c1ccc(C(=O)Nc2ccccc2Oc2ccccc2)nn1. The molecule has 0 unspecified atom stereocenters. The van der Waals surface area contributed by atoms with E-state index in [4.69, 9.17) is 4.74 Å². The van der Waals surface area contributed by atoms with E-state index >= 15 is 0 Å². The molecule has 0 atom stereocenters. The van der Waals surface area contributed by atoms with Crippen molar-refractivity contribution in [3.8, 4) is 17.3 Å². The van der Waals surface area contributed by atoms with Crippen molar-refractivity contribution >= 4 is 11.6 Å². The monoisotopic (exact) mass is 371 g/mol. The molecule has 2 heterocycles. The van der Waals surface area contributed by atoms with Gasteiger partial charge in [-0.05, 0) is 43.3 Å². The molecule has 0 radical (unpaired) electrons. The largest absolute Gasteiger partial charge is 0.455 e. The van der Waals surface area contributed by atoms with Crippen molar-refractivity contribution < 1.29 is 9.53 Å². The predicted octanol–water partition coefficient (Wildman–Crippen LogP) is 4.02. The number of nitrogens with one attached hydrogen (secondary N) is 1.